The molecular weight excluding hydrogens is 817 g/mol. The smallest absolute Gasteiger partial charge is 0.405 e. The van der Waals surface area contributed by atoms with Crippen LogP contribution in [0.4, 0.5) is 22.4 Å². The molecular formula is C47H56F4N8O4. The van der Waals surface area contributed by atoms with Crippen molar-refractivity contribution in [3.8, 4) is 22.5 Å². The molecule has 12 nitrogen and oxygen atoms in total. The first-order valence-corrected chi connectivity index (χ1v) is 22.0. The zero-order valence-electron chi connectivity index (χ0n) is 36.5. The number of likely N-dealkylation sites (tertiary alicyclic amines) is 2. The van der Waals surface area contributed by atoms with E-state index in [2.05, 4.69) is 63.2 Å². The Morgan fingerprint density at radius 1 is 0.889 bits per heavy atom. The lowest BCUT2D eigenvalue weighted by molar-refractivity contribution is -0.136. The summed E-state index contributed by atoms with van der Waals surface area (Å²) in [5.41, 5.74) is 14.0. The van der Waals surface area contributed by atoms with Crippen LogP contribution >= 0.6 is 0 Å². The fourth-order valence-corrected chi connectivity index (χ4v) is 9.93. The molecule has 0 radical (unpaired) electrons. The summed E-state index contributed by atoms with van der Waals surface area (Å²) in [6, 6.07) is 10.5. The molecule has 2 saturated heterocycles. The summed E-state index contributed by atoms with van der Waals surface area (Å²) in [4.78, 5) is 53.5. The van der Waals surface area contributed by atoms with Gasteiger partial charge in [-0.25, -0.2) is 27.3 Å². The molecule has 2 aromatic carbocycles. The molecule has 16 heteroatoms. The highest BCUT2D eigenvalue weighted by Crippen LogP contribution is 2.45. The van der Waals surface area contributed by atoms with Gasteiger partial charge in [-0.1, -0.05) is 65.8 Å². The number of carbonyl (C=O) groups excluding carboxylic acids is 2. The van der Waals surface area contributed by atoms with Crippen LogP contribution in [0.5, 0.6) is 0 Å². The number of alkyl halides is 4. The maximum atomic E-state index is 15.1. The van der Waals surface area contributed by atoms with Crippen LogP contribution in [-0.4, -0.2) is 96.1 Å². The second-order valence-electron chi connectivity index (χ2n) is 18.5. The minimum absolute atomic E-state index is 0.0821. The third-order valence-corrected chi connectivity index (χ3v) is 13.5. The van der Waals surface area contributed by atoms with Crippen molar-refractivity contribution in [2.75, 3.05) is 13.1 Å². The number of hydrogen-bond acceptors (Lipinski definition) is 6. The van der Waals surface area contributed by atoms with Gasteiger partial charge in [0.05, 0.1) is 48.8 Å². The summed E-state index contributed by atoms with van der Waals surface area (Å²) in [6.07, 6.45) is 3.27. The molecule has 0 bridgehead atoms. The van der Waals surface area contributed by atoms with Crippen LogP contribution in [0.1, 0.15) is 103 Å². The second kappa shape index (κ2) is 16.6. The van der Waals surface area contributed by atoms with Crippen molar-refractivity contribution in [2.24, 2.45) is 28.5 Å². The third-order valence-electron chi connectivity index (χ3n) is 13.5. The van der Waals surface area contributed by atoms with Gasteiger partial charge in [0.1, 0.15) is 11.9 Å². The molecule has 0 saturated carbocycles. The lowest BCUT2D eigenvalue weighted by Crippen LogP contribution is -2.51. The van der Waals surface area contributed by atoms with E-state index in [-0.39, 0.29) is 23.6 Å². The largest absolute Gasteiger partial charge is 0.465 e. The first-order valence-electron chi connectivity index (χ1n) is 22.0. The van der Waals surface area contributed by atoms with Crippen molar-refractivity contribution >= 4 is 40.2 Å². The standard InChI is InChI=1S/C47H56F4N8O4/c1-7-26-10-13-33(54-41(26)37-18-46(48,49)22-58(37)43(60)39(52)24(3)4)28-11-14-35-30(15-28)17-36-31-12-9-29(16-32(31)27(8-2)21-57(35)36)34-20-53-42(55-34)38-19-47(50,51)23-59(38)44(61)40(25(5)6)56-45(62)63/h9,11-17,20,24-27,37-40,56H,7-8,10,18-19,21-23,52H2,1-6H3,(H,53,55)(H,62,63). The molecule has 4 aliphatic heterocycles. The van der Waals surface area contributed by atoms with E-state index in [1.54, 1.807) is 20.0 Å². The molecule has 0 aliphatic carbocycles. The van der Waals surface area contributed by atoms with Gasteiger partial charge in [0, 0.05) is 64.7 Å². The Balaban J connectivity index is 1.08. The zero-order chi connectivity index (χ0) is 45.3. The summed E-state index contributed by atoms with van der Waals surface area (Å²) < 4.78 is 62.3. The van der Waals surface area contributed by atoms with Gasteiger partial charge in [-0.15, -0.1) is 0 Å². The first kappa shape index (κ1) is 44.1. The molecule has 63 heavy (non-hydrogen) atoms. The first-order chi connectivity index (χ1) is 29.8. The number of halogens is 4. The van der Waals surface area contributed by atoms with E-state index in [1.165, 1.54) is 4.90 Å². The maximum absolute atomic E-state index is 15.1. The number of H-pyrrole nitrogens is 1. The highest BCUT2D eigenvalue weighted by atomic mass is 19.3. The number of amides is 3. The Morgan fingerprint density at radius 3 is 2.21 bits per heavy atom. The number of aliphatic imine (C=N–C) groups is 1. The van der Waals surface area contributed by atoms with E-state index in [0.717, 1.165) is 56.7 Å². The van der Waals surface area contributed by atoms with Crippen LogP contribution in [0.2, 0.25) is 0 Å². The van der Waals surface area contributed by atoms with E-state index in [4.69, 9.17) is 10.7 Å². The molecule has 4 aromatic rings. The maximum Gasteiger partial charge on any atom is 0.405 e. The molecule has 0 spiro atoms. The monoisotopic (exact) mass is 872 g/mol. The second-order valence-corrected chi connectivity index (χ2v) is 18.5. The summed E-state index contributed by atoms with van der Waals surface area (Å²) in [5.74, 6) is -7.82. The Labute approximate surface area is 364 Å². The van der Waals surface area contributed by atoms with Gasteiger partial charge in [-0.3, -0.25) is 14.6 Å². The number of nitrogens with zero attached hydrogens (tertiary/aromatic N) is 5. The molecule has 2 fully saturated rings. The summed E-state index contributed by atoms with van der Waals surface area (Å²) in [5, 5.41) is 12.5. The van der Waals surface area contributed by atoms with Crippen molar-refractivity contribution < 1.29 is 37.1 Å². The average Bonchev–Trinajstić information content (AvgIpc) is 4.03. The number of aromatic nitrogens is 3. The van der Waals surface area contributed by atoms with E-state index in [1.807, 2.05) is 32.9 Å². The number of fused-ring (bicyclic) bond motifs is 5. The SMILES string of the molecule is CCC1CC=C(c2ccc3c(c2)cc2n3CC(CC)c3cc(-c4cnc(C5CC(F)(F)CN5C(=O)C(NC(=O)O)C(C)C)[nH]4)ccc3-2)N=C1C1CC(F)(F)CN1C(=O)C(N)C(C)C. The van der Waals surface area contributed by atoms with Crippen molar-refractivity contribution in [1.29, 1.82) is 0 Å². The Hall–Kier alpha value is -5.51. The van der Waals surface area contributed by atoms with Gasteiger partial charge in [-0.05, 0) is 66.5 Å². The fourth-order valence-electron chi connectivity index (χ4n) is 9.93. The highest BCUT2D eigenvalue weighted by molar-refractivity contribution is 6.01. The number of benzene rings is 2. The third kappa shape index (κ3) is 8.26. The topological polar surface area (TPSA) is 162 Å². The minimum Gasteiger partial charge on any atom is -0.465 e. The average molecular weight is 873 g/mol. The van der Waals surface area contributed by atoms with Crippen LogP contribution in [-0.2, 0) is 16.1 Å². The van der Waals surface area contributed by atoms with Crippen LogP contribution < -0.4 is 11.1 Å². The number of aromatic amines is 1. The number of nitrogens with one attached hydrogen (secondary N) is 2. The number of carboxylic acid groups (broad SMARTS) is 1. The van der Waals surface area contributed by atoms with Crippen molar-refractivity contribution in [3.63, 3.8) is 0 Å². The van der Waals surface area contributed by atoms with Gasteiger partial charge >= 0.3 is 6.09 Å². The molecule has 6 heterocycles. The number of imidazole rings is 1. The van der Waals surface area contributed by atoms with Crippen LogP contribution in [0.3, 0.4) is 0 Å². The summed E-state index contributed by atoms with van der Waals surface area (Å²) >= 11 is 0. The van der Waals surface area contributed by atoms with Crippen LogP contribution in [0.25, 0.3) is 39.1 Å². The predicted molar refractivity (Wildman–Crippen MR) is 233 cm³/mol. The Kier molecular flexibility index (Phi) is 11.6. The van der Waals surface area contributed by atoms with Gasteiger partial charge in [0.25, 0.3) is 11.8 Å². The lowest BCUT2D eigenvalue weighted by Gasteiger charge is -2.33. The Bertz CT molecular complexity index is 2510. The van der Waals surface area contributed by atoms with E-state index in [0.29, 0.717) is 29.9 Å². The number of nitrogens with two attached hydrogens (primary N) is 1. The molecule has 5 N–H and O–H groups in total. The van der Waals surface area contributed by atoms with Gasteiger partial charge in [0.2, 0.25) is 11.8 Å². The molecule has 8 rings (SSSR count). The zero-order valence-corrected chi connectivity index (χ0v) is 36.5. The van der Waals surface area contributed by atoms with Crippen molar-refractivity contribution in [3.05, 3.63) is 71.7 Å². The Morgan fingerprint density at radius 2 is 1.56 bits per heavy atom. The number of carbonyl (C=O) groups is 3. The van der Waals surface area contributed by atoms with Crippen LogP contribution in [0, 0.1) is 17.8 Å². The van der Waals surface area contributed by atoms with E-state index >= 15 is 8.78 Å². The van der Waals surface area contributed by atoms with Crippen molar-refractivity contribution in [1.82, 2.24) is 29.7 Å². The van der Waals surface area contributed by atoms with Gasteiger partial charge < -0.3 is 35.5 Å². The quantitative estimate of drug-likeness (QED) is 0.110. The van der Waals surface area contributed by atoms with E-state index in [9.17, 15) is 28.3 Å². The molecule has 4 aliphatic rings. The number of rotatable bonds is 11. The lowest BCUT2D eigenvalue weighted by atomic mass is 9.86. The molecule has 6 atom stereocenters. The predicted octanol–water partition coefficient (Wildman–Crippen LogP) is 8.84. The fraction of sp³-hybridized carbons (Fsp3) is 0.511. The minimum atomic E-state index is -3.18. The van der Waals surface area contributed by atoms with Crippen molar-refractivity contribution in [2.45, 2.75) is 122 Å². The van der Waals surface area contributed by atoms with Gasteiger partial charge in [-0.2, -0.15) is 0 Å². The molecule has 336 valence electrons. The number of hydrogen-bond donors (Lipinski definition) is 4. The molecule has 6 unspecified atom stereocenters. The number of allylic oxidation sites excluding steroid dienone is 1. The molecule has 2 aromatic heterocycles. The highest BCUT2D eigenvalue weighted by Gasteiger charge is 2.52. The summed E-state index contributed by atoms with van der Waals surface area (Å²) in [7, 11) is 0. The normalized spacial score (nSPS) is 23.7. The van der Waals surface area contributed by atoms with Gasteiger partial charge in [0.15, 0.2) is 0 Å². The molecule has 3 amide bonds. The summed E-state index contributed by atoms with van der Waals surface area (Å²) in [6.45, 7) is 10.3. The van der Waals surface area contributed by atoms with Crippen LogP contribution in [0.15, 0.2) is 59.7 Å². The van der Waals surface area contributed by atoms with E-state index < -0.39 is 85.8 Å².